The third-order valence-electron chi connectivity index (χ3n) is 4.32. The Morgan fingerprint density at radius 1 is 1.00 bits per heavy atom. The molecule has 1 aliphatic rings. The van der Waals surface area contributed by atoms with E-state index in [-0.39, 0.29) is 6.10 Å². The fraction of sp³-hybridized carbons (Fsp3) is 0.200. The lowest BCUT2D eigenvalue weighted by molar-refractivity contribution is 0.230. The van der Waals surface area contributed by atoms with Crippen LogP contribution < -0.4 is 0 Å². The zero-order chi connectivity index (χ0) is 15.6. The van der Waals surface area contributed by atoms with Crippen molar-refractivity contribution in [1.82, 2.24) is 0 Å². The second-order valence-corrected chi connectivity index (χ2v) is 10.1. The Morgan fingerprint density at radius 3 is 2.27 bits per heavy atom. The van der Waals surface area contributed by atoms with Gasteiger partial charge in [0.15, 0.2) is 0 Å². The Balaban J connectivity index is 1.83. The van der Waals surface area contributed by atoms with Gasteiger partial charge in [-0.15, -0.1) is 0 Å². The molecular formula is C20H22OSi. The quantitative estimate of drug-likeness (QED) is 0.664. The van der Waals surface area contributed by atoms with Crippen LogP contribution in [0.1, 0.15) is 18.1 Å². The molecule has 0 aromatic heterocycles. The minimum absolute atomic E-state index is 0.192. The van der Waals surface area contributed by atoms with Crippen LogP contribution in [0.3, 0.4) is 0 Å². The Bertz CT molecular complexity index is 683. The molecule has 2 heteroatoms. The zero-order valence-corrected chi connectivity index (χ0v) is 14.3. The van der Waals surface area contributed by atoms with Gasteiger partial charge in [-0.25, -0.2) is 0 Å². The van der Waals surface area contributed by atoms with Gasteiger partial charge < -0.3 is 4.43 Å². The highest BCUT2D eigenvalue weighted by Gasteiger charge is 2.39. The van der Waals surface area contributed by atoms with E-state index in [0.29, 0.717) is 0 Å². The van der Waals surface area contributed by atoms with Crippen molar-refractivity contribution < 1.29 is 4.43 Å². The van der Waals surface area contributed by atoms with Gasteiger partial charge in [0.05, 0.1) is 6.10 Å². The molecule has 0 amide bonds. The SMILES string of the molecule is C=C/C=C1/CC(c2ccc(-c3ccccc3)cc2)O[Si]1(C)C. The molecule has 2 aromatic rings. The minimum Gasteiger partial charge on any atom is -0.406 e. The highest BCUT2D eigenvalue weighted by Crippen LogP contribution is 2.40. The molecule has 1 aliphatic heterocycles. The zero-order valence-electron chi connectivity index (χ0n) is 13.3. The maximum atomic E-state index is 6.37. The first-order chi connectivity index (χ1) is 10.6. The Morgan fingerprint density at radius 2 is 1.64 bits per heavy atom. The second kappa shape index (κ2) is 6.07. The van der Waals surface area contributed by atoms with Gasteiger partial charge in [0.2, 0.25) is 8.32 Å². The van der Waals surface area contributed by atoms with Crippen molar-refractivity contribution in [2.45, 2.75) is 25.6 Å². The van der Waals surface area contributed by atoms with E-state index in [1.807, 2.05) is 12.1 Å². The lowest BCUT2D eigenvalue weighted by atomic mass is 10.0. The summed E-state index contributed by atoms with van der Waals surface area (Å²) in [6.07, 6.45) is 5.21. The fourth-order valence-electron chi connectivity index (χ4n) is 3.04. The van der Waals surface area contributed by atoms with Crippen LogP contribution in [0, 0.1) is 0 Å². The normalized spacial score (nSPS) is 21.9. The average molecular weight is 306 g/mol. The number of allylic oxidation sites excluding steroid dienone is 2. The Kier molecular flexibility index (Phi) is 4.14. The van der Waals surface area contributed by atoms with Gasteiger partial charge in [0, 0.05) is 0 Å². The van der Waals surface area contributed by atoms with Crippen LogP contribution in [-0.2, 0) is 4.43 Å². The van der Waals surface area contributed by atoms with Crippen LogP contribution >= 0.6 is 0 Å². The Labute approximate surface area is 134 Å². The topological polar surface area (TPSA) is 9.23 Å². The molecule has 22 heavy (non-hydrogen) atoms. The largest absolute Gasteiger partial charge is 0.406 e. The monoisotopic (exact) mass is 306 g/mol. The van der Waals surface area contributed by atoms with Crippen LogP contribution in [-0.4, -0.2) is 8.32 Å². The third-order valence-corrected chi connectivity index (χ3v) is 7.12. The molecule has 0 bridgehead atoms. The minimum atomic E-state index is -1.72. The van der Waals surface area contributed by atoms with Crippen molar-refractivity contribution in [3.05, 3.63) is 84.1 Å². The number of rotatable bonds is 3. The molecule has 0 spiro atoms. The van der Waals surface area contributed by atoms with Crippen LogP contribution in [0.15, 0.2) is 78.5 Å². The van der Waals surface area contributed by atoms with E-state index < -0.39 is 8.32 Å². The molecule has 0 N–H and O–H groups in total. The summed E-state index contributed by atoms with van der Waals surface area (Å²) >= 11 is 0. The molecule has 0 aliphatic carbocycles. The smallest absolute Gasteiger partial charge is 0.215 e. The molecule has 1 heterocycles. The van der Waals surface area contributed by atoms with Crippen LogP contribution in [0.25, 0.3) is 11.1 Å². The van der Waals surface area contributed by atoms with Crippen LogP contribution in [0.2, 0.25) is 13.1 Å². The van der Waals surface area contributed by atoms with E-state index in [9.17, 15) is 0 Å². The predicted molar refractivity (Wildman–Crippen MR) is 96.1 cm³/mol. The van der Waals surface area contributed by atoms with Crippen molar-refractivity contribution in [2.75, 3.05) is 0 Å². The summed E-state index contributed by atoms with van der Waals surface area (Å²) in [6, 6.07) is 19.3. The van der Waals surface area contributed by atoms with E-state index in [4.69, 9.17) is 4.43 Å². The van der Waals surface area contributed by atoms with Gasteiger partial charge in [0.1, 0.15) is 0 Å². The lowest BCUT2D eigenvalue weighted by Gasteiger charge is -2.18. The van der Waals surface area contributed by atoms with Crippen LogP contribution in [0.4, 0.5) is 0 Å². The summed E-state index contributed by atoms with van der Waals surface area (Å²) in [5.41, 5.74) is 3.77. The first-order valence-corrected chi connectivity index (χ1v) is 10.7. The van der Waals surface area contributed by atoms with Crippen LogP contribution in [0.5, 0.6) is 0 Å². The predicted octanol–water partition coefficient (Wildman–Crippen LogP) is 5.67. The van der Waals surface area contributed by atoms with E-state index >= 15 is 0 Å². The van der Waals surface area contributed by atoms with Crippen molar-refractivity contribution in [1.29, 1.82) is 0 Å². The maximum Gasteiger partial charge on any atom is 0.215 e. The first-order valence-electron chi connectivity index (χ1n) is 7.75. The summed E-state index contributed by atoms with van der Waals surface area (Å²) in [6.45, 7) is 8.35. The van der Waals surface area contributed by atoms with Gasteiger partial charge in [-0.3, -0.25) is 0 Å². The summed E-state index contributed by atoms with van der Waals surface area (Å²) in [5, 5.41) is 1.44. The van der Waals surface area contributed by atoms with Crippen molar-refractivity contribution in [3.63, 3.8) is 0 Å². The van der Waals surface area contributed by atoms with Gasteiger partial charge in [-0.1, -0.05) is 78.5 Å². The Hall–Kier alpha value is -1.90. The molecule has 0 radical (unpaired) electrons. The summed E-state index contributed by atoms with van der Waals surface area (Å²) in [7, 11) is -1.72. The molecule has 3 rings (SSSR count). The first kappa shape index (κ1) is 15.0. The van der Waals surface area contributed by atoms with Gasteiger partial charge in [-0.05, 0) is 36.2 Å². The van der Waals surface area contributed by atoms with Gasteiger partial charge in [-0.2, -0.15) is 0 Å². The van der Waals surface area contributed by atoms with Crippen molar-refractivity contribution in [3.8, 4) is 11.1 Å². The molecule has 1 unspecified atom stereocenters. The molecule has 112 valence electrons. The summed E-state index contributed by atoms with van der Waals surface area (Å²) in [5.74, 6) is 0. The van der Waals surface area contributed by atoms with Crippen molar-refractivity contribution >= 4 is 8.32 Å². The summed E-state index contributed by atoms with van der Waals surface area (Å²) in [4.78, 5) is 0. The molecule has 1 nitrogen and oxygen atoms in total. The molecule has 1 atom stereocenters. The standard InChI is InChI=1S/C20H22OSi/c1-4-8-19-15-20(21-22(19,2)3)18-13-11-17(12-14-18)16-9-6-5-7-10-16/h4-14,20H,1,15H2,2-3H3/b19-8-. The molecule has 0 saturated carbocycles. The number of hydrogen-bond acceptors (Lipinski definition) is 1. The van der Waals surface area contributed by atoms with Gasteiger partial charge in [0.25, 0.3) is 0 Å². The van der Waals surface area contributed by atoms with E-state index in [1.165, 1.54) is 21.9 Å². The van der Waals surface area contributed by atoms with Gasteiger partial charge >= 0.3 is 0 Å². The average Bonchev–Trinajstić information content (AvgIpc) is 2.84. The number of hydrogen-bond donors (Lipinski definition) is 0. The molecule has 1 fully saturated rings. The lowest BCUT2D eigenvalue weighted by Crippen LogP contribution is -2.27. The van der Waals surface area contributed by atoms with Crippen molar-refractivity contribution in [2.24, 2.45) is 0 Å². The number of benzene rings is 2. The van der Waals surface area contributed by atoms with E-state index in [2.05, 4.69) is 74.3 Å². The molecular weight excluding hydrogens is 284 g/mol. The highest BCUT2D eigenvalue weighted by atomic mass is 28.4. The second-order valence-electron chi connectivity index (χ2n) is 6.24. The summed E-state index contributed by atoms with van der Waals surface area (Å²) < 4.78 is 6.37. The molecule has 2 aromatic carbocycles. The molecule has 1 saturated heterocycles. The van der Waals surface area contributed by atoms with E-state index in [1.54, 1.807) is 0 Å². The van der Waals surface area contributed by atoms with E-state index in [0.717, 1.165) is 6.42 Å². The highest BCUT2D eigenvalue weighted by molar-refractivity contribution is 6.79. The third kappa shape index (κ3) is 2.98. The fourth-order valence-corrected chi connectivity index (χ4v) is 5.31. The maximum absolute atomic E-state index is 6.37.